The Hall–Kier alpha value is -0.530. The average Bonchev–Trinajstić information content (AvgIpc) is 2.87. The van der Waals surface area contributed by atoms with Gasteiger partial charge >= 0.3 is 0 Å². The van der Waals surface area contributed by atoms with Crippen LogP contribution in [0.25, 0.3) is 0 Å². The van der Waals surface area contributed by atoms with Gasteiger partial charge in [-0.3, -0.25) is 0 Å². The Balaban J connectivity index is 1.62. The first-order valence-electron chi connectivity index (χ1n) is 7.73. The molecule has 0 radical (unpaired) electrons. The molecule has 1 fully saturated rings. The van der Waals surface area contributed by atoms with E-state index in [9.17, 15) is 0 Å². The summed E-state index contributed by atoms with van der Waals surface area (Å²) < 4.78 is 0. The molecular weight excluding hydrogens is 254 g/mol. The second-order valence-electron chi connectivity index (χ2n) is 6.18. The van der Waals surface area contributed by atoms with Crippen LogP contribution >= 0.6 is 11.6 Å². The van der Waals surface area contributed by atoms with Crippen molar-refractivity contribution in [3.63, 3.8) is 0 Å². The van der Waals surface area contributed by atoms with Gasteiger partial charge in [-0.2, -0.15) is 0 Å². The van der Waals surface area contributed by atoms with E-state index in [0.29, 0.717) is 0 Å². The zero-order chi connectivity index (χ0) is 13.1. The fourth-order valence-corrected chi connectivity index (χ4v) is 4.13. The van der Waals surface area contributed by atoms with Crippen molar-refractivity contribution in [2.75, 3.05) is 25.5 Å². The molecule has 19 heavy (non-hydrogen) atoms. The van der Waals surface area contributed by atoms with E-state index in [0.717, 1.165) is 17.7 Å². The van der Waals surface area contributed by atoms with Crippen LogP contribution in [-0.2, 0) is 6.42 Å². The van der Waals surface area contributed by atoms with Gasteiger partial charge in [-0.25, -0.2) is 0 Å². The maximum Gasteiger partial charge on any atom is 0.0226 e. The molecule has 1 aliphatic carbocycles. The summed E-state index contributed by atoms with van der Waals surface area (Å²) >= 11 is 5.87. The maximum absolute atomic E-state index is 5.87. The van der Waals surface area contributed by atoms with Gasteiger partial charge in [0.25, 0.3) is 0 Å². The van der Waals surface area contributed by atoms with Crippen LogP contribution in [-0.4, -0.2) is 30.4 Å². The number of alkyl halides is 1. The van der Waals surface area contributed by atoms with Gasteiger partial charge in [0.2, 0.25) is 0 Å². The highest BCUT2D eigenvalue weighted by Gasteiger charge is 2.26. The van der Waals surface area contributed by atoms with Crippen molar-refractivity contribution in [3.05, 3.63) is 35.4 Å². The van der Waals surface area contributed by atoms with Crippen LogP contribution in [0.15, 0.2) is 24.3 Å². The molecule has 2 atom stereocenters. The number of hydrogen-bond acceptors (Lipinski definition) is 1. The lowest BCUT2D eigenvalue weighted by Crippen LogP contribution is -2.28. The molecular formula is C17H24ClN. The van der Waals surface area contributed by atoms with Crippen LogP contribution in [0, 0.1) is 5.92 Å². The smallest absolute Gasteiger partial charge is 0.0226 e. The number of aryl methyl sites for hydroxylation is 1. The second-order valence-corrected chi connectivity index (χ2v) is 6.56. The Bertz CT molecular complexity index is 417. The molecule has 0 saturated carbocycles. The van der Waals surface area contributed by atoms with Gasteiger partial charge < -0.3 is 4.90 Å². The molecule has 0 bridgehead atoms. The summed E-state index contributed by atoms with van der Waals surface area (Å²) in [6.45, 7) is 3.81. The Morgan fingerprint density at radius 3 is 3.00 bits per heavy atom. The fraction of sp³-hybridized carbons (Fsp3) is 0.647. The summed E-state index contributed by atoms with van der Waals surface area (Å²) in [5.74, 6) is 2.43. The van der Waals surface area contributed by atoms with E-state index in [1.54, 1.807) is 11.1 Å². The normalized spacial score (nSPS) is 27.4. The highest BCUT2D eigenvalue weighted by Crippen LogP contribution is 2.33. The lowest BCUT2D eigenvalue weighted by atomic mass is 9.82. The quantitative estimate of drug-likeness (QED) is 0.751. The van der Waals surface area contributed by atoms with E-state index in [-0.39, 0.29) is 0 Å². The van der Waals surface area contributed by atoms with E-state index < -0.39 is 0 Å². The standard InChI is InChI=1S/C17H24ClN/c18-10-8-14-9-11-19(12-14)13-16-6-3-5-15-4-1-2-7-17(15)16/h1-2,4,7,14,16H,3,5-6,8-13H2. The Morgan fingerprint density at radius 1 is 1.21 bits per heavy atom. The molecule has 1 aliphatic heterocycles. The van der Waals surface area contributed by atoms with Crippen molar-refractivity contribution in [3.8, 4) is 0 Å². The molecule has 2 heteroatoms. The summed E-state index contributed by atoms with van der Waals surface area (Å²) in [6, 6.07) is 9.07. The second kappa shape index (κ2) is 6.28. The van der Waals surface area contributed by atoms with Gasteiger partial charge in [0, 0.05) is 19.0 Å². The van der Waals surface area contributed by atoms with Crippen molar-refractivity contribution in [2.24, 2.45) is 5.92 Å². The molecule has 1 aromatic carbocycles. The van der Waals surface area contributed by atoms with Crippen molar-refractivity contribution in [2.45, 2.75) is 38.0 Å². The number of rotatable bonds is 4. The predicted octanol–water partition coefficient (Wildman–Crippen LogP) is 4.06. The van der Waals surface area contributed by atoms with Gasteiger partial charge in [0.05, 0.1) is 0 Å². The van der Waals surface area contributed by atoms with Crippen molar-refractivity contribution >= 4 is 11.6 Å². The van der Waals surface area contributed by atoms with E-state index in [4.69, 9.17) is 11.6 Å². The third kappa shape index (κ3) is 3.14. The van der Waals surface area contributed by atoms with Crippen LogP contribution in [0.2, 0.25) is 0 Å². The first-order valence-corrected chi connectivity index (χ1v) is 8.26. The van der Waals surface area contributed by atoms with Crippen LogP contribution < -0.4 is 0 Å². The van der Waals surface area contributed by atoms with Crippen molar-refractivity contribution < 1.29 is 0 Å². The number of nitrogens with zero attached hydrogens (tertiary/aromatic N) is 1. The van der Waals surface area contributed by atoms with Crippen LogP contribution in [0.3, 0.4) is 0 Å². The molecule has 104 valence electrons. The average molecular weight is 278 g/mol. The van der Waals surface area contributed by atoms with Gasteiger partial charge in [-0.1, -0.05) is 24.3 Å². The van der Waals surface area contributed by atoms with Crippen molar-refractivity contribution in [1.82, 2.24) is 4.90 Å². The highest BCUT2D eigenvalue weighted by atomic mass is 35.5. The summed E-state index contributed by atoms with van der Waals surface area (Å²) in [6.07, 6.45) is 6.55. The van der Waals surface area contributed by atoms with E-state index >= 15 is 0 Å². The minimum absolute atomic E-state index is 0.764. The van der Waals surface area contributed by atoms with E-state index in [2.05, 4.69) is 29.2 Å². The largest absolute Gasteiger partial charge is 0.302 e. The number of fused-ring (bicyclic) bond motifs is 1. The molecule has 1 aromatic rings. The SMILES string of the molecule is ClCCC1CCN(CC2CCCc3ccccc32)C1. The fourth-order valence-electron chi connectivity index (χ4n) is 3.82. The van der Waals surface area contributed by atoms with Gasteiger partial charge in [-0.05, 0) is 61.6 Å². The molecule has 0 amide bonds. The maximum atomic E-state index is 5.87. The number of hydrogen-bond donors (Lipinski definition) is 0. The molecule has 0 spiro atoms. The molecule has 1 saturated heterocycles. The van der Waals surface area contributed by atoms with Crippen LogP contribution in [0.5, 0.6) is 0 Å². The predicted molar refractivity (Wildman–Crippen MR) is 82.0 cm³/mol. The molecule has 3 rings (SSSR count). The summed E-state index contributed by atoms with van der Waals surface area (Å²) in [4.78, 5) is 2.67. The van der Waals surface area contributed by atoms with Gasteiger partial charge in [-0.15, -0.1) is 11.6 Å². The minimum Gasteiger partial charge on any atom is -0.302 e. The van der Waals surface area contributed by atoms with Crippen LogP contribution in [0.1, 0.15) is 42.7 Å². The lowest BCUT2D eigenvalue weighted by Gasteiger charge is -2.29. The molecule has 1 heterocycles. The molecule has 0 N–H and O–H groups in total. The Morgan fingerprint density at radius 2 is 2.11 bits per heavy atom. The van der Waals surface area contributed by atoms with Crippen LogP contribution in [0.4, 0.5) is 0 Å². The minimum atomic E-state index is 0.764. The summed E-state index contributed by atoms with van der Waals surface area (Å²) in [7, 11) is 0. The lowest BCUT2D eigenvalue weighted by molar-refractivity contribution is 0.288. The monoisotopic (exact) mass is 277 g/mol. The summed E-state index contributed by atoms with van der Waals surface area (Å²) in [5, 5.41) is 0. The number of benzene rings is 1. The molecule has 0 aromatic heterocycles. The molecule has 1 nitrogen and oxygen atoms in total. The third-order valence-corrected chi connectivity index (χ3v) is 5.08. The van der Waals surface area contributed by atoms with Gasteiger partial charge in [0.1, 0.15) is 0 Å². The number of likely N-dealkylation sites (tertiary alicyclic amines) is 1. The Labute approximate surface area is 121 Å². The third-order valence-electron chi connectivity index (χ3n) is 4.86. The molecule has 2 unspecified atom stereocenters. The first kappa shape index (κ1) is 13.5. The van der Waals surface area contributed by atoms with Gasteiger partial charge in [0.15, 0.2) is 0 Å². The highest BCUT2D eigenvalue weighted by molar-refractivity contribution is 6.17. The molecule has 2 aliphatic rings. The van der Waals surface area contributed by atoms with E-state index in [1.807, 2.05) is 0 Å². The zero-order valence-electron chi connectivity index (χ0n) is 11.7. The van der Waals surface area contributed by atoms with E-state index in [1.165, 1.54) is 51.7 Å². The topological polar surface area (TPSA) is 3.24 Å². The number of halogens is 1. The zero-order valence-corrected chi connectivity index (χ0v) is 12.4. The first-order chi connectivity index (χ1) is 9.36. The Kier molecular flexibility index (Phi) is 4.45. The summed E-state index contributed by atoms with van der Waals surface area (Å²) in [5.41, 5.74) is 3.21. The van der Waals surface area contributed by atoms with Crippen molar-refractivity contribution in [1.29, 1.82) is 0 Å².